The maximum absolute atomic E-state index is 11.8. The molecule has 21 heavy (non-hydrogen) atoms. The van der Waals surface area contributed by atoms with E-state index < -0.39 is 11.4 Å². The molecule has 0 saturated carbocycles. The van der Waals surface area contributed by atoms with Gasteiger partial charge in [0.05, 0.1) is 5.41 Å². The Morgan fingerprint density at radius 1 is 1.29 bits per heavy atom. The molecule has 3 N–H and O–H groups in total. The van der Waals surface area contributed by atoms with Crippen LogP contribution in [0.4, 0.5) is 10.5 Å². The van der Waals surface area contributed by atoms with Crippen LogP contribution < -0.4 is 10.6 Å². The molecule has 6 heteroatoms. The highest BCUT2D eigenvalue weighted by atomic mass is 32.2. The number of benzene rings is 1. The van der Waals surface area contributed by atoms with Crippen LogP contribution in [0.15, 0.2) is 24.3 Å². The van der Waals surface area contributed by atoms with Gasteiger partial charge in [0, 0.05) is 17.5 Å². The molecule has 2 amide bonds. The van der Waals surface area contributed by atoms with Crippen LogP contribution in [0.5, 0.6) is 0 Å². The fourth-order valence-corrected chi connectivity index (χ4v) is 2.36. The first-order valence-corrected chi connectivity index (χ1v) is 8.07. The van der Waals surface area contributed by atoms with Crippen LogP contribution in [0, 0.1) is 0 Å². The minimum absolute atomic E-state index is 0.0882. The van der Waals surface area contributed by atoms with Crippen LogP contribution in [0.1, 0.15) is 26.3 Å². The highest BCUT2D eigenvalue weighted by molar-refractivity contribution is 7.98. The Labute approximate surface area is 129 Å². The molecule has 1 atom stereocenters. The zero-order valence-corrected chi connectivity index (χ0v) is 13.6. The molecule has 1 rings (SSSR count). The maximum atomic E-state index is 11.8. The van der Waals surface area contributed by atoms with E-state index in [1.54, 1.807) is 49.9 Å². The Bertz CT molecular complexity index is 500. The minimum Gasteiger partial charge on any atom is -0.481 e. The number of rotatable bonds is 6. The number of thioether (sulfide) groups is 1. The second kappa shape index (κ2) is 7.36. The van der Waals surface area contributed by atoms with Gasteiger partial charge in [0.1, 0.15) is 0 Å². The molecule has 0 bridgehead atoms. The van der Waals surface area contributed by atoms with Crippen LogP contribution >= 0.6 is 11.8 Å². The summed E-state index contributed by atoms with van der Waals surface area (Å²) in [6.07, 6.45) is 1.99. The molecule has 1 unspecified atom stereocenters. The van der Waals surface area contributed by atoms with E-state index in [1.165, 1.54) is 0 Å². The van der Waals surface area contributed by atoms with E-state index in [2.05, 4.69) is 10.6 Å². The lowest BCUT2D eigenvalue weighted by molar-refractivity contribution is -0.142. The summed E-state index contributed by atoms with van der Waals surface area (Å²) in [6.45, 7) is 5.23. The molecule has 1 aromatic rings. The van der Waals surface area contributed by atoms with Crippen molar-refractivity contribution in [3.8, 4) is 0 Å². The molecule has 0 aliphatic heterocycles. The topological polar surface area (TPSA) is 78.4 Å². The van der Waals surface area contributed by atoms with E-state index >= 15 is 0 Å². The second-order valence-corrected chi connectivity index (χ2v) is 6.37. The zero-order valence-electron chi connectivity index (χ0n) is 12.8. The monoisotopic (exact) mass is 310 g/mol. The number of urea groups is 1. The standard InChI is InChI=1S/C15H22N2O3S/c1-10(9-21-4)16-14(20)17-12-7-5-11(6-8-12)15(2,3)13(18)19/h5-8,10H,9H2,1-4H3,(H,18,19)(H2,16,17,20). The Hall–Kier alpha value is -1.69. The van der Waals surface area contributed by atoms with Gasteiger partial charge in [-0.05, 0) is 44.7 Å². The molecular weight excluding hydrogens is 288 g/mol. The number of nitrogens with one attached hydrogen (secondary N) is 2. The summed E-state index contributed by atoms with van der Waals surface area (Å²) in [5.41, 5.74) is 0.374. The van der Waals surface area contributed by atoms with Gasteiger partial charge in [-0.1, -0.05) is 12.1 Å². The lowest BCUT2D eigenvalue weighted by atomic mass is 9.85. The van der Waals surface area contributed by atoms with Gasteiger partial charge in [-0.2, -0.15) is 11.8 Å². The molecule has 0 heterocycles. The number of aliphatic carboxylic acids is 1. The lowest BCUT2D eigenvalue weighted by Crippen LogP contribution is -2.37. The van der Waals surface area contributed by atoms with Gasteiger partial charge in [0.15, 0.2) is 0 Å². The van der Waals surface area contributed by atoms with E-state index in [0.29, 0.717) is 11.3 Å². The predicted molar refractivity (Wildman–Crippen MR) is 87.1 cm³/mol. The summed E-state index contributed by atoms with van der Waals surface area (Å²) in [4.78, 5) is 22.9. The maximum Gasteiger partial charge on any atom is 0.319 e. The van der Waals surface area contributed by atoms with Crippen molar-refractivity contribution in [3.63, 3.8) is 0 Å². The van der Waals surface area contributed by atoms with Crippen molar-refractivity contribution in [2.75, 3.05) is 17.3 Å². The van der Waals surface area contributed by atoms with Gasteiger partial charge in [0.2, 0.25) is 0 Å². The summed E-state index contributed by atoms with van der Waals surface area (Å²) in [6, 6.07) is 6.67. The first-order valence-electron chi connectivity index (χ1n) is 6.67. The number of amides is 2. The van der Waals surface area contributed by atoms with Crippen LogP contribution in [-0.2, 0) is 10.2 Å². The summed E-state index contributed by atoms with van der Waals surface area (Å²) in [7, 11) is 0. The fourth-order valence-electron chi connectivity index (χ4n) is 1.78. The summed E-state index contributed by atoms with van der Waals surface area (Å²) >= 11 is 1.67. The van der Waals surface area contributed by atoms with E-state index in [9.17, 15) is 14.7 Å². The summed E-state index contributed by atoms with van der Waals surface area (Å²) in [5.74, 6) is -0.0362. The van der Waals surface area contributed by atoms with Crippen molar-refractivity contribution in [2.24, 2.45) is 0 Å². The molecule has 116 valence electrons. The van der Waals surface area contributed by atoms with Crippen LogP contribution in [0.3, 0.4) is 0 Å². The Morgan fingerprint density at radius 2 is 1.86 bits per heavy atom. The van der Waals surface area contributed by atoms with Crippen molar-refractivity contribution >= 4 is 29.4 Å². The minimum atomic E-state index is -0.951. The van der Waals surface area contributed by atoms with Gasteiger partial charge in [-0.25, -0.2) is 4.79 Å². The van der Waals surface area contributed by atoms with Crippen LogP contribution in [0.2, 0.25) is 0 Å². The third-order valence-electron chi connectivity index (χ3n) is 3.19. The molecule has 0 saturated heterocycles. The molecule has 0 fully saturated rings. The average molecular weight is 310 g/mol. The van der Waals surface area contributed by atoms with Gasteiger partial charge < -0.3 is 15.7 Å². The zero-order chi connectivity index (χ0) is 16.0. The van der Waals surface area contributed by atoms with Crippen LogP contribution in [0.25, 0.3) is 0 Å². The molecule has 1 aromatic carbocycles. The Kier molecular flexibility index (Phi) is 6.08. The number of carbonyl (C=O) groups excluding carboxylic acids is 1. The van der Waals surface area contributed by atoms with Crippen molar-refractivity contribution in [1.29, 1.82) is 0 Å². The smallest absolute Gasteiger partial charge is 0.319 e. The number of hydrogen-bond acceptors (Lipinski definition) is 3. The first kappa shape index (κ1) is 17.4. The van der Waals surface area contributed by atoms with Gasteiger partial charge in [-0.3, -0.25) is 4.79 Å². The Morgan fingerprint density at radius 3 is 2.33 bits per heavy atom. The van der Waals surface area contributed by atoms with Crippen molar-refractivity contribution in [3.05, 3.63) is 29.8 Å². The third kappa shape index (κ3) is 4.97. The van der Waals surface area contributed by atoms with E-state index in [4.69, 9.17) is 0 Å². The second-order valence-electron chi connectivity index (χ2n) is 5.46. The van der Waals surface area contributed by atoms with E-state index in [-0.39, 0.29) is 12.1 Å². The number of anilines is 1. The van der Waals surface area contributed by atoms with Gasteiger partial charge >= 0.3 is 12.0 Å². The van der Waals surface area contributed by atoms with Crippen molar-refractivity contribution in [1.82, 2.24) is 5.32 Å². The highest BCUT2D eigenvalue weighted by Gasteiger charge is 2.29. The predicted octanol–water partition coefficient (Wildman–Crippen LogP) is 2.92. The molecular formula is C15H22N2O3S. The molecule has 0 aliphatic rings. The number of carboxylic acids is 1. The molecule has 0 aliphatic carbocycles. The Balaban J connectivity index is 2.67. The van der Waals surface area contributed by atoms with E-state index in [1.807, 2.05) is 13.2 Å². The third-order valence-corrected chi connectivity index (χ3v) is 4.03. The van der Waals surface area contributed by atoms with Gasteiger partial charge in [-0.15, -0.1) is 0 Å². The van der Waals surface area contributed by atoms with Crippen molar-refractivity contribution < 1.29 is 14.7 Å². The highest BCUT2D eigenvalue weighted by Crippen LogP contribution is 2.24. The lowest BCUT2D eigenvalue weighted by Gasteiger charge is -2.20. The molecule has 0 radical (unpaired) electrons. The first-order chi connectivity index (χ1) is 9.77. The number of carboxylic acid groups (broad SMARTS) is 1. The summed E-state index contributed by atoms with van der Waals surface area (Å²) < 4.78 is 0. The van der Waals surface area contributed by atoms with Gasteiger partial charge in [0.25, 0.3) is 0 Å². The summed E-state index contributed by atoms with van der Waals surface area (Å²) in [5, 5.41) is 14.7. The largest absolute Gasteiger partial charge is 0.481 e. The fraction of sp³-hybridized carbons (Fsp3) is 0.467. The van der Waals surface area contributed by atoms with E-state index in [0.717, 1.165) is 5.75 Å². The molecule has 5 nitrogen and oxygen atoms in total. The van der Waals surface area contributed by atoms with Crippen LogP contribution in [-0.4, -0.2) is 35.2 Å². The molecule has 0 spiro atoms. The average Bonchev–Trinajstić information content (AvgIpc) is 2.39. The number of carbonyl (C=O) groups is 2. The van der Waals surface area contributed by atoms with Crippen molar-refractivity contribution in [2.45, 2.75) is 32.2 Å². The normalized spacial score (nSPS) is 12.6. The SMILES string of the molecule is CSCC(C)NC(=O)Nc1ccc(C(C)(C)C(=O)O)cc1. The molecule has 0 aromatic heterocycles. The quantitative estimate of drug-likeness (QED) is 0.755. The number of hydrogen-bond donors (Lipinski definition) is 3.